The summed E-state index contributed by atoms with van der Waals surface area (Å²) in [4.78, 5) is 16.4. The predicted molar refractivity (Wildman–Crippen MR) is 91.5 cm³/mol. The Hall–Kier alpha value is -2.11. The maximum absolute atomic E-state index is 12.4. The van der Waals surface area contributed by atoms with Crippen LogP contribution in [0.15, 0.2) is 42.7 Å². The number of carbonyl (C=O) groups excluding carboxylic acids is 1. The van der Waals surface area contributed by atoms with Gasteiger partial charge in [-0.2, -0.15) is 0 Å². The topological polar surface area (TPSA) is 63.2 Å². The predicted octanol–water partition coefficient (Wildman–Crippen LogP) is 3.01. The second-order valence-electron chi connectivity index (χ2n) is 6.36. The lowest BCUT2D eigenvalue weighted by atomic mass is 10.1. The second kappa shape index (κ2) is 6.42. The van der Waals surface area contributed by atoms with Crippen LogP contribution in [0.5, 0.6) is 11.5 Å². The van der Waals surface area contributed by atoms with Crippen LogP contribution in [-0.4, -0.2) is 29.5 Å². The third-order valence-corrected chi connectivity index (χ3v) is 5.04. The molecule has 1 aromatic carbocycles. The minimum Gasteiger partial charge on any atom is -0.454 e. The fourth-order valence-electron chi connectivity index (χ4n) is 3.50. The van der Waals surface area contributed by atoms with Crippen molar-refractivity contribution in [3.05, 3.63) is 53.3 Å². The zero-order valence-corrected chi connectivity index (χ0v) is 13.8. The van der Waals surface area contributed by atoms with Crippen molar-refractivity contribution in [3.63, 3.8) is 0 Å². The van der Waals surface area contributed by atoms with Crippen molar-refractivity contribution in [2.75, 3.05) is 6.54 Å². The Morgan fingerprint density at radius 1 is 1.25 bits per heavy atom. The summed E-state index contributed by atoms with van der Waals surface area (Å²) in [6.45, 7) is 1.08. The summed E-state index contributed by atoms with van der Waals surface area (Å²) in [5.74, 6) is 1.77. The van der Waals surface area contributed by atoms with Crippen LogP contribution in [0, 0.1) is 5.92 Å². The quantitative estimate of drug-likeness (QED) is 0.895. The Morgan fingerprint density at radius 2 is 2.08 bits per heavy atom. The van der Waals surface area contributed by atoms with E-state index < -0.39 is 0 Å². The standard InChI is InChI=1S/C18H18ClN3O2/c19-14-5-6-20-10-17(14)24-13-3-1-12(2-4-13)18(23)22-16-8-11-7-15(16)21-9-11/h1-6,10-11,15-16,21H,7-9H2,(H,22,23). The molecule has 2 bridgehead atoms. The number of hydrogen-bond donors (Lipinski definition) is 2. The highest BCUT2D eigenvalue weighted by molar-refractivity contribution is 6.32. The highest BCUT2D eigenvalue weighted by Crippen LogP contribution is 2.31. The number of nitrogens with zero attached hydrogens (tertiary/aromatic N) is 1. The molecule has 4 rings (SSSR count). The van der Waals surface area contributed by atoms with Crippen molar-refractivity contribution in [1.29, 1.82) is 0 Å². The van der Waals surface area contributed by atoms with E-state index in [4.69, 9.17) is 16.3 Å². The van der Waals surface area contributed by atoms with Gasteiger partial charge in [0.05, 0.1) is 11.2 Å². The largest absolute Gasteiger partial charge is 0.454 e. The smallest absolute Gasteiger partial charge is 0.251 e. The van der Waals surface area contributed by atoms with Gasteiger partial charge in [0.2, 0.25) is 0 Å². The molecule has 6 heteroatoms. The number of fused-ring (bicyclic) bond motifs is 2. The molecule has 5 nitrogen and oxygen atoms in total. The molecule has 0 spiro atoms. The van der Waals surface area contributed by atoms with E-state index >= 15 is 0 Å². The molecular weight excluding hydrogens is 326 g/mol. The maximum atomic E-state index is 12.4. The first kappa shape index (κ1) is 15.4. The molecule has 2 aromatic rings. The minimum atomic E-state index is -0.0414. The van der Waals surface area contributed by atoms with Gasteiger partial charge in [-0.05, 0) is 55.6 Å². The lowest BCUT2D eigenvalue weighted by molar-refractivity contribution is 0.0928. The van der Waals surface area contributed by atoms with Crippen LogP contribution in [0.25, 0.3) is 0 Å². The van der Waals surface area contributed by atoms with Crippen molar-refractivity contribution < 1.29 is 9.53 Å². The first-order valence-corrected chi connectivity index (χ1v) is 8.48. The summed E-state index contributed by atoms with van der Waals surface area (Å²) in [6, 6.07) is 9.37. The summed E-state index contributed by atoms with van der Waals surface area (Å²) in [5.41, 5.74) is 0.627. The molecule has 1 aliphatic carbocycles. The van der Waals surface area contributed by atoms with Crippen LogP contribution in [0.1, 0.15) is 23.2 Å². The Kier molecular flexibility index (Phi) is 4.12. The van der Waals surface area contributed by atoms with Crippen molar-refractivity contribution in [2.45, 2.75) is 24.9 Å². The monoisotopic (exact) mass is 343 g/mol. The number of benzene rings is 1. The van der Waals surface area contributed by atoms with E-state index in [-0.39, 0.29) is 11.9 Å². The van der Waals surface area contributed by atoms with E-state index in [9.17, 15) is 4.79 Å². The van der Waals surface area contributed by atoms with Gasteiger partial charge in [0, 0.05) is 23.8 Å². The lowest BCUT2D eigenvalue weighted by Gasteiger charge is -2.24. The molecule has 1 aliphatic heterocycles. The number of hydrogen-bond acceptors (Lipinski definition) is 4. The highest BCUT2D eigenvalue weighted by atomic mass is 35.5. The molecule has 1 saturated heterocycles. The first-order valence-electron chi connectivity index (χ1n) is 8.11. The van der Waals surface area contributed by atoms with E-state index in [1.165, 1.54) is 6.42 Å². The average molecular weight is 344 g/mol. The van der Waals surface area contributed by atoms with Crippen LogP contribution in [0.4, 0.5) is 0 Å². The van der Waals surface area contributed by atoms with Crippen molar-refractivity contribution in [1.82, 2.24) is 15.6 Å². The van der Waals surface area contributed by atoms with Crippen LogP contribution < -0.4 is 15.4 Å². The average Bonchev–Trinajstić information content (AvgIpc) is 3.20. The molecule has 0 radical (unpaired) electrons. The zero-order chi connectivity index (χ0) is 16.5. The molecule has 2 fully saturated rings. The Labute approximate surface area is 145 Å². The molecule has 1 saturated carbocycles. The zero-order valence-electron chi connectivity index (χ0n) is 13.0. The summed E-state index contributed by atoms with van der Waals surface area (Å²) in [7, 11) is 0. The third kappa shape index (κ3) is 3.09. The van der Waals surface area contributed by atoms with Crippen molar-refractivity contribution in [3.8, 4) is 11.5 Å². The number of amides is 1. The van der Waals surface area contributed by atoms with Crippen molar-refractivity contribution in [2.24, 2.45) is 5.92 Å². The fraction of sp³-hybridized carbons (Fsp3) is 0.333. The number of halogens is 1. The van der Waals surface area contributed by atoms with Gasteiger partial charge in [0.1, 0.15) is 5.75 Å². The summed E-state index contributed by atoms with van der Waals surface area (Å²) in [6.07, 6.45) is 5.41. The van der Waals surface area contributed by atoms with Crippen LogP contribution >= 0.6 is 11.6 Å². The summed E-state index contributed by atoms with van der Waals surface area (Å²) in [5, 5.41) is 7.08. The number of carbonyl (C=O) groups is 1. The molecule has 3 atom stereocenters. The lowest BCUT2D eigenvalue weighted by Crippen LogP contribution is -2.47. The van der Waals surface area contributed by atoms with Gasteiger partial charge in [-0.25, -0.2) is 0 Å². The van der Waals surface area contributed by atoms with Crippen LogP contribution in [0.2, 0.25) is 5.02 Å². The van der Waals surface area contributed by atoms with Crippen LogP contribution in [-0.2, 0) is 0 Å². The molecule has 1 aromatic heterocycles. The van der Waals surface area contributed by atoms with Gasteiger partial charge in [0.15, 0.2) is 5.75 Å². The van der Waals surface area contributed by atoms with Gasteiger partial charge in [-0.3, -0.25) is 9.78 Å². The van der Waals surface area contributed by atoms with Gasteiger partial charge < -0.3 is 15.4 Å². The molecular formula is C18H18ClN3O2. The van der Waals surface area contributed by atoms with E-state index in [1.807, 2.05) is 0 Å². The van der Waals surface area contributed by atoms with E-state index in [2.05, 4.69) is 15.6 Å². The minimum absolute atomic E-state index is 0.0414. The number of aromatic nitrogens is 1. The van der Waals surface area contributed by atoms with Gasteiger partial charge in [0.25, 0.3) is 5.91 Å². The van der Waals surface area contributed by atoms with E-state index in [1.54, 1.807) is 42.7 Å². The Morgan fingerprint density at radius 3 is 2.75 bits per heavy atom. The van der Waals surface area contributed by atoms with Gasteiger partial charge >= 0.3 is 0 Å². The molecule has 3 unspecified atom stereocenters. The normalized spacial score (nSPS) is 24.8. The number of ether oxygens (including phenoxy) is 1. The third-order valence-electron chi connectivity index (χ3n) is 4.72. The molecule has 124 valence electrons. The van der Waals surface area contributed by atoms with Crippen molar-refractivity contribution >= 4 is 17.5 Å². The van der Waals surface area contributed by atoms with E-state index in [0.717, 1.165) is 13.0 Å². The van der Waals surface area contributed by atoms with E-state index in [0.29, 0.717) is 34.0 Å². The number of piperidine rings is 1. The second-order valence-corrected chi connectivity index (χ2v) is 6.77. The maximum Gasteiger partial charge on any atom is 0.251 e. The molecule has 2 aliphatic rings. The molecule has 1 amide bonds. The first-order chi connectivity index (χ1) is 11.7. The van der Waals surface area contributed by atoms with Crippen LogP contribution in [0.3, 0.4) is 0 Å². The SMILES string of the molecule is O=C(NC1CC2CNC1C2)c1ccc(Oc2cnccc2Cl)cc1. The number of pyridine rings is 1. The summed E-state index contributed by atoms with van der Waals surface area (Å²) >= 11 is 6.05. The molecule has 2 N–H and O–H groups in total. The Balaban J connectivity index is 1.40. The molecule has 2 heterocycles. The number of rotatable bonds is 4. The summed E-state index contributed by atoms with van der Waals surface area (Å²) < 4.78 is 5.68. The highest BCUT2D eigenvalue weighted by Gasteiger charge is 2.39. The fourth-order valence-corrected chi connectivity index (χ4v) is 3.65. The Bertz CT molecular complexity index is 750. The number of nitrogens with one attached hydrogen (secondary N) is 2. The molecule has 24 heavy (non-hydrogen) atoms. The van der Waals surface area contributed by atoms with Gasteiger partial charge in [-0.15, -0.1) is 0 Å². The van der Waals surface area contributed by atoms with Gasteiger partial charge in [-0.1, -0.05) is 11.6 Å².